The molecule has 17 heavy (non-hydrogen) atoms. The molecule has 0 amide bonds. The number of aliphatic hydroxyl groups excluding tert-OH is 1. The van der Waals surface area contributed by atoms with Gasteiger partial charge in [0.1, 0.15) is 0 Å². The van der Waals surface area contributed by atoms with Gasteiger partial charge in [0.05, 0.1) is 12.8 Å². The lowest BCUT2D eigenvalue weighted by Crippen LogP contribution is -1.99. The number of aliphatic hydroxyl groups is 1. The van der Waals surface area contributed by atoms with Crippen LogP contribution >= 0.6 is 0 Å². The van der Waals surface area contributed by atoms with E-state index in [0.717, 1.165) is 29.9 Å². The highest BCUT2D eigenvalue weighted by atomic mass is 16.3. The van der Waals surface area contributed by atoms with E-state index >= 15 is 0 Å². The molecule has 4 heteroatoms. The number of aromatic nitrogens is 2. The van der Waals surface area contributed by atoms with Gasteiger partial charge < -0.3 is 10.4 Å². The summed E-state index contributed by atoms with van der Waals surface area (Å²) in [5, 5.41) is 16.6. The summed E-state index contributed by atoms with van der Waals surface area (Å²) in [5.74, 6) is 0. The Morgan fingerprint density at radius 1 is 1.35 bits per heavy atom. The maximum absolute atomic E-state index is 9.04. The molecule has 1 aromatic carbocycles. The molecule has 0 spiro atoms. The molecular formula is C13H17N3O. The minimum atomic E-state index is 0.0727. The van der Waals surface area contributed by atoms with Crippen LogP contribution in [0, 0.1) is 0 Å². The van der Waals surface area contributed by atoms with Crippen molar-refractivity contribution in [2.24, 2.45) is 0 Å². The second-order valence-electron chi connectivity index (χ2n) is 3.92. The molecule has 1 aromatic heterocycles. The fourth-order valence-electron chi connectivity index (χ4n) is 1.65. The average Bonchev–Trinajstić information content (AvgIpc) is 2.84. The molecule has 0 fully saturated rings. The van der Waals surface area contributed by atoms with Crippen molar-refractivity contribution in [1.82, 2.24) is 9.78 Å². The van der Waals surface area contributed by atoms with Gasteiger partial charge in [0.15, 0.2) is 0 Å². The molecule has 0 bridgehead atoms. The number of aryl methyl sites for hydroxylation is 1. The van der Waals surface area contributed by atoms with Crippen LogP contribution < -0.4 is 5.32 Å². The Morgan fingerprint density at radius 2 is 2.24 bits per heavy atom. The summed E-state index contributed by atoms with van der Waals surface area (Å²) in [6, 6.07) is 7.78. The molecular weight excluding hydrogens is 214 g/mol. The second kappa shape index (κ2) is 5.50. The quantitative estimate of drug-likeness (QED) is 0.827. The highest BCUT2D eigenvalue weighted by Gasteiger charge is 1.98. The van der Waals surface area contributed by atoms with Crippen LogP contribution in [0.3, 0.4) is 0 Å². The molecule has 2 rings (SSSR count). The molecule has 0 saturated heterocycles. The van der Waals surface area contributed by atoms with Gasteiger partial charge in [-0.05, 0) is 24.6 Å². The minimum absolute atomic E-state index is 0.0727. The van der Waals surface area contributed by atoms with Gasteiger partial charge in [-0.15, -0.1) is 0 Å². The zero-order chi connectivity index (χ0) is 12.1. The first-order valence-electron chi connectivity index (χ1n) is 5.77. The van der Waals surface area contributed by atoms with E-state index in [4.69, 9.17) is 5.11 Å². The van der Waals surface area contributed by atoms with E-state index in [-0.39, 0.29) is 6.61 Å². The van der Waals surface area contributed by atoms with Crippen LogP contribution in [-0.4, -0.2) is 14.9 Å². The van der Waals surface area contributed by atoms with Gasteiger partial charge in [-0.3, -0.25) is 4.68 Å². The van der Waals surface area contributed by atoms with Gasteiger partial charge in [-0.1, -0.05) is 12.1 Å². The van der Waals surface area contributed by atoms with Crippen molar-refractivity contribution in [3.05, 3.63) is 47.8 Å². The summed E-state index contributed by atoms with van der Waals surface area (Å²) < 4.78 is 1.90. The fraction of sp³-hybridized carbons (Fsp3) is 0.308. The molecule has 2 N–H and O–H groups in total. The molecule has 4 nitrogen and oxygen atoms in total. The number of nitrogens with zero attached hydrogens (tertiary/aromatic N) is 2. The summed E-state index contributed by atoms with van der Waals surface area (Å²) >= 11 is 0. The van der Waals surface area contributed by atoms with E-state index in [1.807, 2.05) is 41.3 Å². The summed E-state index contributed by atoms with van der Waals surface area (Å²) in [4.78, 5) is 0. The molecule has 0 saturated carbocycles. The third-order valence-electron chi connectivity index (χ3n) is 2.62. The zero-order valence-electron chi connectivity index (χ0n) is 9.93. The number of rotatable bonds is 5. The molecule has 0 aliphatic heterocycles. The van der Waals surface area contributed by atoms with Crippen LogP contribution in [-0.2, 0) is 19.7 Å². The predicted octanol–water partition coefficient (Wildman–Crippen LogP) is 2.01. The van der Waals surface area contributed by atoms with Crippen molar-refractivity contribution in [2.45, 2.75) is 26.6 Å². The SMILES string of the molecule is CCn1cc(CNc2cccc(CO)c2)cn1. The van der Waals surface area contributed by atoms with E-state index in [0.29, 0.717) is 0 Å². The van der Waals surface area contributed by atoms with Crippen molar-refractivity contribution in [3.8, 4) is 0 Å². The molecule has 2 aromatic rings. The summed E-state index contributed by atoms with van der Waals surface area (Å²) in [5.41, 5.74) is 3.08. The average molecular weight is 231 g/mol. The zero-order valence-corrected chi connectivity index (χ0v) is 9.93. The first kappa shape index (κ1) is 11.7. The van der Waals surface area contributed by atoms with E-state index < -0.39 is 0 Å². The second-order valence-corrected chi connectivity index (χ2v) is 3.92. The Hall–Kier alpha value is -1.81. The van der Waals surface area contributed by atoms with Crippen LogP contribution in [0.2, 0.25) is 0 Å². The lowest BCUT2D eigenvalue weighted by molar-refractivity contribution is 0.282. The van der Waals surface area contributed by atoms with Gasteiger partial charge in [0.25, 0.3) is 0 Å². The van der Waals surface area contributed by atoms with Crippen LogP contribution in [0.5, 0.6) is 0 Å². The molecule has 0 aliphatic carbocycles. The lowest BCUT2D eigenvalue weighted by Gasteiger charge is -2.05. The van der Waals surface area contributed by atoms with Gasteiger partial charge in [-0.2, -0.15) is 5.10 Å². The van der Waals surface area contributed by atoms with Gasteiger partial charge >= 0.3 is 0 Å². The van der Waals surface area contributed by atoms with E-state index in [1.54, 1.807) is 0 Å². The van der Waals surface area contributed by atoms with Gasteiger partial charge in [0.2, 0.25) is 0 Å². The highest BCUT2D eigenvalue weighted by Crippen LogP contribution is 2.12. The Balaban J connectivity index is 1.96. The normalized spacial score (nSPS) is 10.5. The Morgan fingerprint density at radius 3 is 2.94 bits per heavy atom. The maximum Gasteiger partial charge on any atom is 0.0682 e. The fourth-order valence-corrected chi connectivity index (χ4v) is 1.65. The summed E-state index contributed by atoms with van der Waals surface area (Å²) in [7, 11) is 0. The number of anilines is 1. The minimum Gasteiger partial charge on any atom is -0.392 e. The molecule has 90 valence electrons. The Labute approximate surface area is 101 Å². The Bertz CT molecular complexity index is 479. The van der Waals surface area contributed by atoms with E-state index in [2.05, 4.69) is 17.3 Å². The van der Waals surface area contributed by atoms with Gasteiger partial charge in [-0.25, -0.2) is 0 Å². The van der Waals surface area contributed by atoms with Crippen molar-refractivity contribution in [1.29, 1.82) is 0 Å². The molecule has 0 atom stereocenters. The number of hydrogen-bond donors (Lipinski definition) is 2. The van der Waals surface area contributed by atoms with Crippen LogP contribution in [0.15, 0.2) is 36.7 Å². The number of nitrogens with one attached hydrogen (secondary N) is 1. The van der Waals surface area contributed by atoms with E-state index in [9.17, 15) is 0 Å². The van der Waals surface area contributed by atoms with E-state index in [1.165, 1.54) is 0 Å². The maximum atomic E-state index is 9.04. The summed E-state index contributed by atoms with van der Waals surface area (Å²) in [6.45, 7) is 3.77. The third-order valence-corrected chi connectivity index (χ3v) is 2.62. The summed E-state index contributed by atoms with van der Waals surface area (Å²) in [6.07, 6.45) is 3.90. The monoisotopic (exact) mass is 231 g/mol. The molecule has 0 unspecified atom stereocenters. The highest BCUT2D eigenvalue weighted by molar-refractivity contribution is 5.45. The lowest BCUT2D eigenvalue weighted by atomic mass is 10.2. The standard InChI is InChI=1S/C13H17N3O/c1-2-16-9-12(8-15-16)7-14-13-5-3-4-11(6-13)10-17/h3-6,8-9,14,17H,2,7,10H2,1H3. The molecule has 1 heterocycles. The van der Waals surface area contributed by atoms with Crippen molar-refractivity contribution in [2.75, 3.05) is 5.32 Å². The number of hydrogen-bond acceptors (Lipinski definition) is 3. The first-order valence-corrected chi connectivity index (χ1v) is 5.77. The van der Waals surface area contributed by atoms with Crippen LogP contribution in [0.25, 0.3) is 0 Å². The van der Waals surface area contributed by atoms with Crippen molar-refractivity contribution < 1.29 is 5.11 Å². The van der Waals surface area contributed by atoms with Crippen molar-refractivity contribution >= 4 is 5.69 Å². The molecule has 0 radical (unpaired) electrons. The van der Waals surface area contributed by atoms with Gasteiger partial charge in [0, 0.05) is 30.5 Å². The largest absolute Gasteiger partial charge is 0.392 e. The Kier molecular flexibility index (Phi) is 3.77. The topological polar surface area (TPSA) is 50.1 Å². The smallest absolute Gasteiger partial charge is 0.0682 e. The number of benzene rings is 1. The van der Waals surface area contributed by atoms with Crippen LogP contribution in [0.1, 0.15) is 18.1 Å². The van der Waals surface area contributed by atoms with Crippen molar-refractivity contribution in [3.63, 3.8) is 0 Å². The third kappa shape index (κ3) is 3.07. The van der Waals surface area contributed by atoms with Crippen LogP contribution in [0.4, 0.5) is 5.69 Å². The predicted molar refractivity (Wildman–Crippen MR) is 67.6 cm³/mol. The molecule has 0 aliphatic rings. The first-order chi connectivity index (χ1) is 8.31.